The molecule has 0 N–H and O–H groups in total. The Morgan fingerprint density at radius 2 is 2.10 bits per heavy atom. The van der Waals surface area contributed by atoms with Gasteiger partial charge in [-0.3, -0.25) is 19.5 Å². The molecule has 0 bridgehead atoms. The molecule has 1 aromatic carbocycles. The Kier molecular flexibility index (Phi) is 3.90. The molecule has 0 saturated heterocycles. The summed E-state index contributed by atoms with van der Waals surface area (Å²) in [5.41, 5.74) is -0.861. The van der Waals surface area contributed by atoms with E-state index in [2.05, 4.69) is 4.98 Å². The van der Waals surface area contributed by atoms with Crippen molar-refractivity contribution in [2.45, 2.75) is 6.54 Å². The van der Waals surface area contributed by atoms with Crippen LogP contribution in [-0.2, 0) is 6.54 Å². The summed E-state index contributed by atoms with van der Waals surface area (Å²) in [5, 5.41) is 10.9. The van der Waals surface area contributed by atoms with E-state index < -0.39 is 16.4 Å². The summed E-state index contributed by atoms with van der Waals surface area (Å²) in [6.07, 6.45) is 1.82. The number of halogens is 1. The average molecular weight is 294 g/mol. The molecule has 7 nitrogen and oxygen atoms in total. The topological polar surface area (TPSA) is 95.1 Å². The number of carbonyl (C=O) groups is 1. The van der Waals surface area contributed by atoms with Gasteiger partial charge in [-0.15, -0.1) is 0 Å². The molecule has 1 aromatic heterocycles. The average Bonchev–Trinajstić information content (AvgIpc) is 2.41. The van der Waals surface area contributed by atoms with Crippen LogP contribution in [0.5, 0.6) is 0 Å². The molecule has 0 aliphatic heterocycles. The van der Waals surface area contributed by atoms with Gasteiger partial charge < -0.3 is 0 Å². The van der Waals surface area contributed by atoms with Crippen molar-refractivity contribution < 1.29 is 9.72 Å². The molecule has 0 fully saturated rings. The summed E-state index contributed by atoms with van der Waals surface area (Å²) in [6, 6.07) is 6.36. The Morgan fingerprint density at radius 1 is 1.40 bits per heavy atom. The van der Waals surface area contributed by atoms with Gasteiger partial charge in [0.2, 0.25) is 0 Å². The molecule has 2 rings (SSSR count). The molecular formula is C12H8ClN3O4. The number of nitro groups is 1. The number of benzene rings is 1. The lowest BCUT2D eigenvalue weighted by atomic mass is 10.1. The maximum atomic E-state index is 12.0. The van der Waals surface area contributed by atoms with E-state index >= 15 is 0 Å². The van der Waals surface area contributed by atoms with Crippen LogP contribution < -0.4 is 5.69 Å². The fraction of sp³-hybridized carbons (Fsp3) is 0.0833. The van der Waals surface area contributed by atoms with Crippen molar-refractivity contribution in [1.29, 1.82) is 0 Å². The summed E-state index contributed by atoms with van der Waals surface area (Å²) in [6.45, 7) is -0.364. The first-order valence-electron chi connectivity index (χ1n) is 5.47. The van der Waals surface area contributed by atoms with Gasteiger partial charge in [0.1, 0.15) is 6.20 Å². The first-order valence-corrected chi connectivity index (χ1v) is 5.85. The number of nitrogens with zero attached hydrogens (tertiary/aromatic N) is 3. The summed E-state index contributed by atoms with van der Waals surface area (Å²) in [7, 11) is 0. The summed E-state index contributed by atoms with van der Waals surface area (Å²) in [5.74, 6) is -0.431. The Hall–Kier alpha value is -2.54. The summed E-state index contributed by atoms with van der Waals surface area (Å²) >= 11 is 5.87. The van der Waals surface area contributed by atoms with E-state index in [1.54, 1.807) is 18.2 Å². The lowest BCUT2D eigenvalue weighted by molar-refractivity contribution is -0.385. The Labute approximate surface area is 117 Å². The quantitative estimate of drug-likeness (QED) is 0.485. The number of hydrogen-bond donors (Lipinski definition) is 0. The van der Waals surface area contributed by atoms with Crippen molar-refractivity contribution in [2.24, 2.45) is 0 Å². The maximum absolute atomic E-state index is 12.0. The molecule has 0 aliphatic carbocycles. The second-order valence-corrected chi connectivity index (χ2v) is 4.29. The van der Waals surface area contributed by atoms with Gasteiger partial charge in [-0.2, -0.15) is 4.98 Å². The third-order valence-electron chi connectivity index (χ3n) is 2.54. The summed E-state index contributed by atoms with van der Waals surface area (Å²) < 4.78 is 0.879. The van der Waals surface area contributed by atoms with Gasteiger partial charge in [-0.25, -0.2) is 4.79 Å². The first kappa shape index (κ1) is 13.9. The van der Waals surface area contributed by atoms with Crippen LogP contribution in [0.2, 0.25) is 5.02 Å². The lowest BCUT2D eigenvalue weighted by Gasteiger charge is -2.05. The number of hydrogen-bond acceptors (Lipinski definition) is 5. The lowest BCUT2D eigenvalue weighted by Crippen LogP contribution is -2.26. The normalized spacial score (nSPS) is 10.2. The van der Waals surface area contributed by atoms with E-state index in [4.69, 9.17) is 11.6 Å². The van der Waals surface area contributed by atoms with Crippen LogP contribution in [0, 0.1) is 10.1 Å². The zero-order chi connectivity index (χ0) is 14.7. The van der Waals surface area contributed by atoms with Crippen molar-refractivity contribution in [2.75, 3.05) is 0 Å². The minimum absolute atomic E-state index is 0.243. The fourth-order valence-electron chi connectivity index (χ4n) is 1.58. The minimum Gasteiger partial charge on any atom is -0.292 e. The van der Waals surface area contributed by atoms with Crippen LogP contribution in [-0.4, -0.2) is 20.3 Å². The molecule has 8 heteroatoms. The third-order valence-corrected chi connectivity index (χ3v) is 2.87. The molecule has 0 radical (unpaired) electrons. The van der Waals surface area contributed by atoms with Gasteiger partial charge in [0.15, 0.2) is 5.78 Å². The van der Waals surface area contributed by atoms with E-state index in [9.17, 15) is 19.7 Å². The first-order chi connectivity index (χ1) is 9.49. The van der Waals surface area contributed by atoms with Gasteiger partial charge in [-0.1, -0.05) is 23.7 Å². The van der Waals surface area contributed by atoms with Crippen molar-refractivity contribution in [3.63, 3.8) is 0 Å². The molecule has 20 heavy (non-hydrogen) atoms. The second-order valence-electron chi connectivity index (χ2n) is 3.88. The largest absolute Gasteiger partial charge is 0.348 e. The van der Waals surface area contributed by atoms with Crippen LogP contribution in [0.4, 0.5) is 5.69 Å². The predicted molar refractivity (Wildman–Crippen MR) is 70.9 cm³/mol. The molecule has 0 aliphatic rings. The Morgan fingerprint density at radius 3 is 2.75 bits per heavy atom. The minimum atomic E-state index is -0.740. The van der Waals surface area contributed by atoms with Gasteiger partial charge in [0.05, 0.1) is 22.7 Å². The smallest absolute Gasteiger partial charge is 0.292 e. The van der Waals surface area contributed by atoms with Crippen molar-refractivity contribution in [1.82, 2.24) is 9.55 Å². The summed E-state index contributed by atoms with van der Waals surface area (Å²) in [4.78, 5) is 36.8. The van der Waals surface area contributed by atoms with Crippen LogP contribution in [0.3, 0.4) is 0 Å². The number of carbonyl (C=O) groups excluding carboxylic acids is 1. The Balaban J connectivity index is 2.33. The monoisotopic (exact) mass is 293 g/mol. The molecule has 0 unspecified atom stereocenters. The number of rotatable bonds is 4. The van der Waals surface area contributed by atoms with Crippen LogP contribution in [0.1, 0.15) is 10.4 Å². The highest BCUT2D eigenvalue weighted by molar-refractivity contribution is 6.33. The number of ketones is 1. The third kappa shape index (κ3) is 2.89. The molecule has 1 heterocycles. The number of Topliss-reactive ketones (excluding diaryl/α,β-unsaturated/α-hetero) is 1. The van der Waals surface area contributed by atoms with Gasteiger partial charge in [-0.05, 0) is 12.1 Å². The fourth-order valence-corrected chi connectivity index (χ4v) is 1.82. The Bertz CT molecular complexity index is 741. The molecule has 0 spiro atoms. The SMILES string of the molecule is O=C(Cn1cc([N+](=O)[O-])cnc1=O)c1ccccc1Cl. The standard InChI is InChI=1S/C12H8ClN3O4/c13-10-4-2-1-3-9(10)11(17)7-15-6-8(16(19)20)5-14-12(15)18/h1-6H,7H2. The molecule has 2 aromatic rings. The van der Waals surface area contributed by atoms with E-state index in [0.717, 1.165) is 17.0 Å². The zero-order valence-electron chi connectivity index (χ0n) is 10.0. The van der Waals surface area contributed by atoms with Crippen LogP contribution in [0.15, 0.2) is 41.5 Å². The van der Waals surface area contributed by atoms with Crippen molar-refractivity contribution >= 4 is 23.1 Å². The molecular weight excluding hydrogens is 286 g/mol. The predicted octanol–water partition coefficient (Wildman–Crippen LogP) is 1.69. The number of aromatic nitrogens is 2. The zero-order valence-corrected chi connectivity index (χ0v) is 10.8. The highest BCUT2D eigenvalue weighted by atomic mass is 35.5. The van der Waals surface area contributed by atoms with Gasteiger partial charge >= 0.3 is 11.4 Å². The van der Waals surface area contributed by atoms with E-state index in [1.165, 1.54) is 6.07 Å². The molecule has 0 amide bonds. The molecule has 102 valence electrons. The second kappa shape index (κ2) is 5.62. The molecule has 0 atom stereocenters. The van der Waals surface area contributed by atoms with E-state index in [1.807, 2.05) is 0 Å². The van der Waals surface area contributed by atoms with Crippen LogP contribution >= 0.6 is 11.6 Å². The highest BCUT2D eigenvalue weighted by Crippen LogP contribution is 2.16. The highest BCUT2D eigenvalue weighted by Gasteiger charge is 2.14. The van der Waals surface area contributed by atoms with Crippen molar-refractivity contribution in [3.05, 3.63) is 67.8 Å². The van der Waals surface area contributed by atoms with E-state index in [-0.39, 0.29) is 22.8 Å². The van der Waals surface area contributed by atoms with Gasteiger partial charge in [0, 0.05) is 5.56 Å². The maximum Gasteiger partial charge on any atom is 0.348 e. The van der Waals surface area contributed by atoms with Crippen molar-refractivity contribution in [3.8, 4) is 0 Å². The molecule has 0 saturated carbocycles. The van der Waals surface area contributed by atoms with Crippen LogP contribution in [0.25, 0.3) is 0 Å². The van der Waals surface area contributed by atoms with Gasteiger partial charge in [0.25, 0.3) is 0 Å². The van der Waals surface area contributed by atoms with E-state index in [0.29, 0.717) is 0 Å².